The van der Waals surface area contributed by atoms with Gasteiger partial charge in [-0.2, -0.15) is 0 Å². The Balaban J connectivity index is 2.41. The van der Waals surface area contributed by atoms with Gasteiger partial charge < -0.3 is 5.11 Å². The van der Waals surface area contributed by atoms with Gasteiger partial charge in [0.1, 0.15) is 0 Å². The minimum atomic E-state index is -2.52. The molecule has 1 atom stereocenters. The molecule has 1 unspecified atom stereocenters. The van der Waals surface area contributed by atoms with E-state index in [2.05, 4.69) is 0 Å². The third-order valence-electron chi connectivity index (χ3n) is 3.10. The Labute approximate surface area is 115 Å². The van der Waals surface area contributed by atoms with E-state index < -0.39 is 11.6 Å². The molecule has 0 aliphatic rings. The highest BCUT2D eigenvalue weighted by Crippen LogP contribution is 2.27. The molecule has 0 saturated carbocycles. The van der Waals surface area contributed by atoms with E-state index in [4.69, 9.17) is 5.11 Å². The number of carbonyl (C=O) groups excluding carboxylic acids is 1. The zero-order valence-corrected chi connectivity index (χ0v) is 10.8. The summed E-state index contributed by atoms with van der Waals surface area (Å²) in [6, 6.07) is 14.2. The summed E-state index contributed by atoms with van der Waals surface area (Å²) < 4.78 is 14.1. The van der Waals surface area contributed by atoms with Crippen molar-refractivity contribution in [2.45, 2.75) is 12.6 Å². The molecule has 2 rings (SSSR count). The van der Waals surface area contributed by atoms with E-state index in [1.54, 1.807) is 30.3 Å². The molecular formula is C16H13FO3. The summed E-state index contributed by atoms with van der Waals surface area (Å²) in [5.74, 6) is -1.85. The molecule has 20 heavy (non-hydrogen) atoms. The van der Waals surface area contributed by atoms with Crippen LogP contribution < -0.4 is 0 Å². The smallest absolute Gasteiger partial charge is 0.345 e. The fraction of sp³-hybridized carbons (Fsp3) is 0.125. The van der Waals surface area contributed by atoms with E-state index in [1.807, 2.05) is 0 Å². The summed E-state index contributed by atoms with van der Waals surface area (Å²) in [5.41, 5.74) is -1.83. The number of rotatable bonds is 4. The normalized spacial score (nSPS) is 13.5. The molecular weight excluding hydrogens is 259 g/mol. The first kappa shape index (κ1) is 13.9. The minimum Gasteiger partial charge on any atom is -0.479 e. The van der Waals surface area contributed by atoms with Gasteiger partial charge in [-0.3, -0.25) is 4.79 Å². The Morgan fingerprint density at radius 1 is 1.00 bits per heavy atom. The lowest BCUT2D eigenvalue weighted by molar-refractivity contribution is -0.150. The lowest BCUT2D eigenvalue weighted by Crippen LogP contribution is -2.27. The molecule has 0 spiro atoms. The molecule has 4 heteroatoms. The van der Waals surface area contributed by atoms with Crippen molar-refractivity contribution in [1.82, 2.24) is 0 Å². The van der Waals surface area contributed by atoms with Crippen LogP contribution in [0.25, 0.3) is 0 Å². The van der Waals surface area contributed by atoms with Crippen molar-refractivity contribution in [3.8, 4) is 0 Å². The maximum absolute atomic E-state index is 14.1. The Bertz CT molecular complexity index is 648. The third-order valence-corrected chi connectivity index (χ3v) is 3.10. The molecule has 0 aromatic heterocycles. The van der Waals surface area contributed by atoms with Gasteiger partial charge in [0.2, 0.25) is 5.67 Å². The average Bonchev–Trinajstić information content (AvgIpc) is 2.47. The summed E-state index contributed by atoms with van der Waals surface area (Å²) in [6.07, 6.45) is 0. The summed E-state index contributed by atoms with van der Waals surface area (Å²) in [7, 11) is 0. The van der Waals surface area contributed by atoms with Gasteiger partial charge >= 0.3 is 5.97 Å². The highest BCUT2D eigenvalue weighted by molar-refractivity contribution is 6.09. The molecule has 0 aliphatic carbocycles. The number of hydrogen-bond donors (Lipinski definition) is 1. The van der Waals surface area contributed by atoms with Gasteiger partial charge in [-0.1, -0.05) is 48.5 Å². The van der Waals surface area contributed by atoms with E-state index in [-0.39, 0.29) is 16.9 Å². The highest BCUT2D eigenvalue weighted by Gasteiger charge is 2.35. The number of ketones is 1. The standard InChI is InChI=1S/C16H13FO3/c1-16(17,15(19)20)13-9-5-8-12(10-13)14(18)11-6-3-2-4-7-11/h2-10H,1H3,(H,19,20). The maximum Gasteiger partial charge on any atom is 0.345 e. The van der Waals surface area contributed by atoms with Gasteiger partial charge in [0.05, 0.1) is 0 Å². The number of carboxylic acids is 1. The first-order valence-electron chi connectivity index (χ1n) is 6.05. The van der Waals surface area contributed by atoms with Gasteiger partial charge in [0, 0.05) is 16.7 Å². The largest absolute Gasteiger partial charge is 0.479 e. The monoisotopic (exact) mass is 272 g/mol. The molecule has 1 N–H and O–H groups in total. The second-order valence-electron chi connectivity index (χ2n) is 4.58. The van der Waals surface area contributed by atoms with Crippen LogP contribution in [0.2, 0.25) is 0 Å². The predicted molar refractivity (Wildman–Crippen MR) is 72.4 cm³/mol. The van der Waals surface area contributed by atoms with Crippen molar-refractivity contribution in [1.29, 1.82) is 0 Å². The highest BCUT2D eigenvalue weighted by atomic mass is 19.1. The van der Waals surface area contributed by atoms with Crippen LogP contribution in [0.1, 0.15) is 28.4 Å². The van der Waals surface area contributed by atoms with Gasteiger partial charge in [-0.25, -0.2) is 9.18 Å². The Hall–Kier alpha value is -2.49. The fourth-order valence-electron chi connectivity index (χ4n) is 1.83. The average molecular weight is 272 g/mol. The number of carbonyl (C=O) groups is 2. The SMILES string of the molecule is CC(F)(C(=O)O)c1cccc(C(=O)c2ccccc2)c1. The Kier molecular flexibility index (Phi) is 3.66. The van der Waals surface area contributed by atoms with Crippen molar-refractivity contribution in [2.24, 2.45) is 0 Å². The van der Waals surface area contributed by atoms with Crippen molar-refractivity contribution in [2.75, 3.05) is 0 Å². The van der Waals surface area contributed by atoms with Crippen LogP contribution in [-0.2, 0) is 10.5 Å². The number of benzene rings is 2. The van der Waals surface area contributed by atoms with Crippen LogP contribution in [0.3, 0.4) is 0 Å². The van der Waals surface area contributed by atoms with E-state index in [0.717, 1.165) is 6.92 Å². The van der Waals surface area contributed by atoms with E-state index >= 15 is 0 Å². The van der Waals surface area contributed by atoms with Crippen molar-refractivity contribution in [3.63, 3.8) is 0 Å². The second-order valence-corrected chi connectivity index (χ2v) is 4.58. The molecule has 2 aromatic carbocycles. The van der Waals surface area contributed by atoms with Crippen LogP contribution in [0.15, 0.2) is 54.6 Å². The lowest BCUT2D eigenvalue weighted by atomic mass is 9.94. The summed E-state index contributed by atoms with van der Waals surface area (Å²) in [5, 5.41) is 8.88. The van der Waals surface area contributed by atoms with Crippen LogP contribution >= 0.6 is 0 Å². The van der Waals surface area contributed by atoms with Crippen molar-refractivity contribution < 1.29 is 19.1 Å². The Morgan fingerprint density at radius 3 is 2.20 bits per heavy atom. The molecule has 0 radical (unpaired) electrons. The molecule has 102 valence electrons. The topological polar surface area (TPSA) is 54.4 Å². The zero-order valence-electron chi connectivity index (χ0n) is 10.8. The van der Waals surface area contributed by atoms with Crippen LogP contribution in [0.4, 0.5) is 4.39 Å². The first-order valence-corrected chi connectivity index (χ1v) is 6.05. The number of carboxylic acid groups (broad SMARTS) is 1. The Morgan fingerprint density at radius 2 is 1.60 bits per heavy atom. The molecule has 0 amide bonds. The second kappa shape index (κ2) is 5.25. The number of hydrogen-bond acceptors (Lipinski definition) is 2. The zero-order chi connectivity index (χ0) is 14.8. The predicted octanol–water partition coefficient (Wildman–Crippen LogP) is 3.19. The summed E-state index contributed by atoms with van der Waals surface area (Å²) in [4.78, 5) is 23.1. The quantitative estimate of drug-likeness (QED) is 0.870. The minimum absolute atomic E-state index is 0.0493. The van der Waals surface area contributed by atoms with Gasteiger partial charge in [-0.15, -0.1) is 0 Å². The lowest BCUT2D eigenvalue weighted by Gasteiger charge is -2.16. The van der Waals surface area contributed by atoms with Gasteiger partial charge in [0.15, 0.2) is 5.78 Å². The molecule has 0 saturated heterocycles. The molecule has 0 fully saturated rings. The van der Waals surface area contributed by atoms with Crippen molar-refractivity contribution in [3.05, 3.63) is 71.3 Å². The van der Waals surface area contributed by atoms with Crippen LogP contribution in [-0.4, -0.2) is 16.9 Å². The van der Waals surface area contributed by atoms with E-state index in [1.165, 1.54) is 24.3 Å². The van der Waals surface area contributed by atoms with Crippen LogP contribution in [0.5, 0.6) is 0 Å². The van der Waals surface area contributed by atoms with Gasteiger partial charge in [-0.05, 0) is 13.0 Å². The maximum atomic E-state index is 14.1. The fourth-order valence-corrected chi connectivity index (χ4v) is 1.83. The summed E-state index contributed by atoms with van der Waals surface area (Å²) >= 11 is 0. The number of aliphatic carboxylic acids is 1. The summed E-state index contributed by atoms with van der Waals surface area (Å²) in [6.45, 7) is 0.960. The first-order chi connectivity index (χ1) is 9.43. The molecule has 2 aromatic rings. The van der Waals surface area contributed by atoms with E-state index in [0.29, 0.717) is 5.56 Å². The van der Waals surface area contributed by atoms with Crippen LogP contribution in [0, 0.1) is 0 Å². The van der Waals surface area contributed by atoms with Crippen molar-refractivity contribution >= 4 is 11.8 Å². The van der Waals surface area contributed by atoms with Gasteiger partial charge in [0.25, 0.3) is 0 Å². The third kappa shape index (κ3) is 2.59. The molecule has 0 bridgehead atoms. The molecule has 0 aliphatic heterocycles. The molecule has 3 nitrogen and oxygen atoms in total. The molecule has 0 heterocycles. The van der Waals surface area contributed by atoms with E-state index in [9.17, 15) is 14.0 Å². The number of alkyl halides is 1. The number of halogens is 1.